The molecular formula is C22H33ClFN3O3S. The third-order valence-electron chi connectivity index (χ3n) is 6.69. The highest BCUT2D eigenvalue weighted by atomic mass is 35.5. The van der Waals surface area contributed by atoms with Crippen LogP contribution in [-0.2, 0) is 14.8 Å². The molecule has 1 saturated carbocycles. The van der Waals surface area contributed by atoms with Crippen LogP contribution >= 0.6 is 11.6 Å². The van der Waals surface area contributed by atoms with Gasteiger partial charge in [-0.3, -0.25) is 4.79 Å². The first-order valence-corrected chi connectivity index (χ1v) is 12.9. The molecule has 0 spiro atoms. The van der Waals surface area contributed by atoms with Crippen LogP contribution in [0.4, 0.5) is 4.39 Å². The Morgan fingerprint density at radius 3 is 2.35 bits per heavy atom. The molecule has 1 aromatic rings. The molecular weight excluding hydrogens is 441 g/mol. The zero-order chi connectivity index (χ0) is 22.6. The number of halogens is 2. The average molecular weight is 474 g/mol. The van der Waals surface area contributed by atoms with Gasteiger partial charge in [-0.15, -0.1) is 0 Å². The van der Waals surface area contributed by atoms with E-state index in [0.29, 0.717) is 25.4 Å². The highest BCUT2D eigenvalue weighted by Gasteiger charge is 2.33. The predicted molar refractivity (Wildman–Crippen MR) is 120 cm³/mol. The minimum absolute atomic E-state index is 0.0217. The molecule has 1 saturated heterocycles. The summed E-state index contributed by atoms with van der Waals surface area (Å²) >= 11 is 5.75. The van der Waals surface area contributed by atoms with Gasteiger partial charge in [-0.1, -0.05) is 30.9 Å². The fraction of sp³-hybridized carbons (Fsp3) is 0.682. The van der Waals surface area contributed by atoms with E-state index in [1.165, 1.54) is 42.5 Å². The Morgan fingerprint density at radius 2 is 1.74 bits per heavy atom. The summed E-state index contributed by atoms with van der Waals surface area (Å²) in [6.07, 6.45) is 7.34. The number of amides is 1. The van der Waals surface area contributed by atoms with E-state index in [-0.39, 0.29) is 34.8 Å². The molecule has 0 unspecified atom stereocenters. The number of piperidine rings is 1. The lowest BCUT2D eigenvalue weighted by molar-refractivity contribution is -0.135. The van der Waals surface area contributed by atoms with E-state index >= 15 is 0 Å². The molecule has 174 valence electrons. The Balaban J connectivity index is 1.50. The standard InChI is InChI=1S/C22H33ClFN3O3S/c1-25(18-6-4-3-5-7-18)14-15-26(2)22(28)17-10-12-27(13-11-17)31(29,30)19-8-9-21(24)20(23)16-19/h8-9,16-18H,3-7,10-15H2,1-2H3. The lowest BCUT2D eigenvalue weighted by atomic mass is 9.94. The third-order valence-corrected chi connectivity index (χ3v) is 8.88. The highest BCUT2D eigenvalue weighted by molar-refractivity contribution is 7.89. The number of nitrogens with zero attached hydrogens (tertiary/aromatic N) is 3. The maximum Gasteiger partial charge on any atom is 0.243 e. The Morgan fingerprint density at radius 1 is 1.10 bits per heavy atom. The maximum atomic E-state index is 13.4. The molecule has 2 fully saturated rings. The van der Waals surface area contributed by atoms with Crippen LogP contribution in [0.25, 0.3) is 0 Å². The van der Waals surface area contributed by atoms with E-state index in [0.717, 1.165) is 18.7 Å². The van der Waals surface area contributed by atoms with E-state index in [1.807, 2.05) is 7.05 Å². The van der Waals surface area contributed by atoms with Gasteiger partial charge < -0.3 is 9.80 Å². The SMILES string of the molecule is CN(CCN(C)C1CCCCC1)C(=O)C1CCN(S(=O)(=O)c2ccc(F)c(Cl)c2)CC1. The molecule has 3 rings (SSSR count). The summed E-state index contributed by atoms with van der Waals surface area (Å²) < 4.78 is 40.4. The number of carbonyl (C=O) groups excluding carboxylic acids is 1. The van der Waals surface area contributed by atoms with Crippen LogP contribution in [-0.4, -0.2) is 74.7 Å². The van der Waals surface area contributed by atoms with Gasteiger partial charge >= 0.3 is 0 Å². The van der Waals surface area contributed by atoms with Crippen molar-refractivity contribution in [1.29, 1.82) is 0 Å². The van der Waals surface area contributed by atoms with Crippen LogP contribution in [0.3, 0.4) is 0 Å². The normalized spacial score (nSPS) is 19.6. The fourth-order valence-electron chi connectivity index (χ4n) is 4.56. The number of carbonyl (C=O) groups is 1. The van der Waals surface area contributed by atoms with Gasteiger partial charge in [0.2, 0.25) is 15.9 Å². The summed E-state index contributed by atoms with van der Waals surface area (Å²) in [5, 5.41) is -0.217. The summed E-state index contributed by atoms with van der Waals surface area (Å²) in [6.45, 7) is 2.07. The first kappa shape index (κ1) is 24.4. The van der Waals surface area contributed by atoms with Gasteiger partial charge in [0.05, 0.1) is 9.92 Å². The van der Waals surface area contributed by atoms with Crippen molar-refractivity contribution in [3.63, 3.8) is 0 Å². The molecule has 1 aliphatic carbocycles. The van der Waals surface area contributed by atoms with Gasteiger partial charge in [0, 0.05) is 45.2 Å². The van der Waals surface area contributed by atoms with Gasteiger partial charge in [0.1, 0.15) is 5.82 Å². The minimum atomic E-state index is -3.75. The third kappa shape index (κ3) is 5.97. The molecule has 0 atom stereocenters. The molecule has 1 heterocycles. The first-order chi connectivity index (χ1) is 14.7. The second kappa shape index (κ2) is 10.6. The second-order valence-electron chi connectivity index (χ2n) is 8.79. The second-order valence-corrected chi connectivity index (χ2v) is 11.1. The molecule has 1 aromatic carbocycles. The van der Waals surface area contributed by atoms with E-state index in [2.05, 4.69) is 11.9 Å². The van der Waals surface area contributed by atoms with Crippen LogP contribution in [0, 0.1) is 11.7 Å². The Hall–Kier alpha value is -1.22. The Labute approximate surface area is 190 Å². The van der Waals surface area contributed by atoms with Gasteiger partial charge in [0.15, 0.2) is 0 Å². The monoisotopic (exact) mass is 473 g/mol. The van der Waals surface area contributed by atoms with E-state index in [9.17, 15) is 17.6 Å². The van der Waals surface area contributed by atoms with Crippen LogP contribution in [0.5, 0.6) is 0 Å². The topological polar surface area (TPSA) is 60.9 Å². The summed E-state index contributed by atoms with van der Waals surface area (Å²) in [6, 6.07) is 4.04. The first-order valence-electron chi connectivity index (χ1n) is 11.1. The number of benzene rings is 1. The summed E-state index contributed by atoms with van der Waals surface area (Å²) in [5.74, 6) is -0.741. The smallest absolute Gasteiger partial charge is 0.243 e. The molecule has 0 radical (unpaired) electrons. The van der Waals surface area contributed by atoms with Crippen molar-refractivity contribution in [2.75, 3.05) is 40.3 Å². The molecule has 0 N–H and O–H groups in total. The van der Waals surface area contributed by atoms with Crippen LogP contribution < -0.4 is 0 Å². The van der Waals surface area contributed by atoms with Crippen molar-refractivity contribution in [2.45, 2.75) is 55.9 Å². The number of likely N-dealkylation sites (N-methyl/N-ethyl adjacent to an activating group) is 2. The minimum Gasteiger partial charge on any atom is -0.344 e. The highest BCUT2D eigenvalue weighted by Crippen LogP contribution is 2.27. The molecule has 1 aliphatic heterocycles. The lowest BCUT2D eigenvalue weighted by Gasteiger charge is -2.34. The van der Waals surface area contributed by atoms with Crippen molar-refractivity contribution in [1.82, 2.24) is 14.1 Å². The van der Waals surface area contributed by atoms with Gasteiger partial charge in [-0.25, -0.2) is 12.8 Å². The summed E-state index contributed by atoms with van der Waals surface area (Å²) in [4.78, 5) is 17.0. The molecule has 0 aromatic heterocycles. The molecule has 2 aliphatic rings. The van der Waals surface area contributed by atoms with E-state index in [1.54, 1.807) is 4.90 Å². The lowest BCUT2D eigenvalue weighted by Crippen LogP contribution is -2.45. The number of sulfonamides is 1. The molecule has 0 bridgehead atoms. The Kier molecular flexibility index (Phi) is 8.35. The van der Waals surface area contributed by atoms with Gasteiger partial charge in [0.25, 0.3) is 0 Å². The van der Waals surface area contributed by atoms with Crippen molar-refractivity contribution in [3.8, 4) is 0 Å². The largest absolute Gasteiger partial charge is 0.344 e. The van der Waals surface area contributed by atoms with Crippen LogP contribution in [0.2, 0.25) is 5.02 Å². The van der Waals surface area contributed by atoms with Crippen molar-refractivity contribution in [2.24, 2.45) is 5.92 Å². The van der Waals surface area contributed by atoms with Gasteiger partial charge in [-0.05, 0) is 50.9 Å². The maximum absolute atomic E-state index is 13.4. The van der Waals surface area contributed by atoms with Crippen molar-refractivity contribution < 1.29 is 17.6 Å². The number of rotatable bonds is 7. The van der Waals surface area contributed by atoms with E-state index < -0.39 is 15.8 Å². The molecule has 31 heavy (non-hydrogen) atoms. The Bertz CT molecular complexity index is 869. The quantitative estimate of drug-likeness (QED) is 0.607. The zero-order valence-corrected chi connectivity index (χ0v) is 20.0. The average Bonchev–Trinajstić information content (AvgIpc) is 2.79. The summed E-state index contributed by atoms with van der Waals surface area (Å²) in [7, 11) is 0.218. The molecule has 1 amide bonds. The zero-order valence-electron chi connectivity index (χ0n) is 18.4. The molecule has 9 heteroatoms. The summed E-state index contributed by atoms with van der Waals surface area (Å²) in [5.41, 5.74) is 0. The van der Waals surface area contributed by atoms with Crippen LogP contribution in [0.15, 0.2) is 23.1 Å². The van der Waals surface area contributed by atoms with Crippen molar-refractivity contribution >= 4 is 27.5 Å². The van der Waals surface area contributed by atoms with E-state index in [4.69, 9.17) is 11.6 Å². The fourth-order valence-corrected chi connectivity index (χ4v) is 6.31. The molecule has 6 nitrogen and oxygen atoms in total. The van der Waals surface area contributed by atoms with Crippen molar-refractivity contribution in [3.05, 3.63) is 29.0 Å². The predicted octanol–water partition coefficient (Wildman–Crippen LogP) is 3.60. The van der Waals surface area contributed by atoms with Crippen LogP contribution in [0.1, 0.15) is 44.9 Å². The number of hydrogen-bond donors (Lipinski definition) is 0. The number of hydrogen-bond acceptors (Lipinski definition) is 4. The van der Waals surface area contributed by atoms with Gasteiger partial charge in [-0.2, -0.15) is 4.31 Å².